The number of halogens is 1. The largest absolute Gasteiger partial charge is 0.352 e. The monoisotopic (exact) mass is 482 g/mol. The first-order valence-electron chi connectivity index (χ1n) is 9.83. The normalized spacial score (nSPS) is 13.3. The first-order valence-corrected chi connectivity index (χ1v) is 12.5. The molecule has 2 N–H and O–H groups in total. The van der Waals surface area contributed by atoms with Gasteiger partial charge in [0.05, 0.1) is 20.9 Å². The molecule has 7 nitrogen and oxygen atoms in total. The summed E-state index contributed by atoms with van der Waals surface area (Å²) in [6.45, 7) is 0.510. The van der Waals surface area contributed by atoms with Crippen LogP contribution in [-0.4, -0.2) is 23.0 Å². The van der Waals surface area contributed by atoms with Crippen molar-refractivity contribution in [2.24, 2.45) is 0 Å². The van der Waals surface area contributed by atoms with Gasteiger partial charge in [0.15, 0.2) is 5.82 Å². The van der Waals surface area contributed by atoms with Crippen LogP contribution >= 0.6 is 22.9 Å². The lowest BCUT2D eigenvalue weighted by Gasteiger charge is -2.19. The SMILES string of the molecule is O=c1c2cc(NS(=O)(=O)c3ccc(Cl)s3)ccc2nc2n1CCc1c-2[nH]c2ccccc12. The summed E-state index contributed by atoms with van der Waals surface area (Å²) >= 11 is 6.84. The Labute approximate surface area is 191 Å². The minimum absolute atomic E-state index is 0.106. The van der Waals surface area contributed by atoms with E-state index in [1.165, 1.54) is 18.2 Å². The van der Waals surface area contributed by atoms with Crippen LogP contribution in [0.25, 0.3) is 33.3 Å². The van der Waals surface area contributed by atoms with E-state index >= 15 is 0 Å². The van der Waals surface area contributed by atoms with Crippen molar-refractivity contribution in [2.75, 3.05) is 4.72 Å². The van der Waals surface area contributed by atoms with Gasteiger partial charge in [-0.2, -0.15) is 0 Å². The van der Waals surface area contributed by atoms with Crippen molar-refractivity contribution < 1.29 is 8.42 Å². The Bertz CT molecular complexity index is 1720. The molecule has 32 heavy (non-hydrogen) atoms. The third kappa shape index (κ3) is 2.96. The van der Waals surface area contributed by atoms with Crippen LogP contribution < -0.4 is 10.3 Å². The lowest BCUT2D eigenvalue weighted by molar-refractivity contribution is 0.603. The number of para-hydroxylation sites is 1. The molecule has 1 aliphatic rings. The summed E-state index contributed by atoms with van der Waals surface area (Å²) in [7, 11) is -3.80. The third-order valence-corrected chi connectivity index (χ3v) is 8.75. The summed E-state index contributed by atoms with van der Waals surface area (Å²) in [6, 6.07) is 15.8. The summed E-state index contributed by atoms with van der Waals surface area (Å²) in [5, 5.41) is 1.50. The highest BCUT2D eigenvalue weighted by Gasteiger charge is 2.24. The van der Waals surface area contributed by atoms with Crippen molar-refractivity contribution in [1.29, 1.82) is 0 Å². The van der Waals surface area contributed by atoms with Crippen molar-refractivity contribution >= 4 is 60.5 Å². The topological polar surface area (TPSA) is 96.8 Å². The number of aryl methyl sites for hydroxylation is 1. The quantitative estimate of drug-likeness (QED) is 0.392. The van der Waals surface area contributed by atoms with E-state index in [-0.39, 0.29) is 9.77 Å². The Morgan fingerprint density at radius 2 is 1.94 bits per heavy atom. The molecule has 5 aromatic rings. The van der Waals surface area contributed by atoms with Gasteiger partial charge in [0, 0.05) is 23.1 Å². The molecule has 0 fully saturated rings. The van der Waals surface area contributed by atoms with Crippen LogP contribution in [0.2, 0.25) is 4.34 Å². The molecular weight excluding hydrogens is 468 g/mol. The number of hydrogen-bond donors (Lipinski definition) is 2. The van der Waals surface area contributed by atoms with Crippen LogP contribution in [0.5, 0.6) is 0 Å². The molecule has 0 aliphatic carbocycles. The molecule has 3 aromatic heterocycles. The number of nitrogens with one attached hydrogen (secondary N) is 2. The molecule has 2 aromatic carbocycles. The fraction of sp³-hybridized carbons (Fsp3) is 0.0909. The molecule has 0 spiro atoms. The van der Waals surface area contributed by atoms with Gasteiger partial charge in [-0.05, 0) is 48.4 Å². The van der Waals surface area contributed by atoms with Gasteiger partial charge in [0.1, 0.15) is 4.21 Å². The van der Waals surface area contributed by atoms with Crippen LogP contribution in [0.15, 0.2) is 63.6 Å². The molecule has 1 aliphatic heterocycles. The van der Waals surface area contributed by atoms with E-state index < -0.39 is 10.0 Å². The van der Waals surface area contributed by atoms with Crippen LogP contribution in [0.4, 0.5) is 5.69 Å². The van der Waals surface area contributed by atoms with Crippen molar-refractivity contribution in [1.82, 2.24) is 14.5 Å². The fourth-order valence-corrected chi connectivity index (χ4v) is 6.74. The van der Waals surface area contributed by atoms with E-state index in [9.17, 15) is 13.2 Å². The predicted octanol–water partition coefficient (Wildman–Crippen LogP) is 4.62. The van der Waals surface area contributed by atoms with Gasteiger partial charge in [-0.3, -0.25) is 14.1 Å². The van der Waals surface area contributed by atoms with Crippen LogP contribution in [0.1, 0.15) is 5.56 Å². The van der Waals surface area contributed by atoms with Gasteiger partial charge >= 0.3 is 0 Å². The van der Waals surface area contributed by atoms with Crippen molar-refractivity contribution in [2.45, 2.75) is 17.2 Å². The number of nitrogens with zero attached hydrogens (tertiary/aromatic N) is 2. The van der Waals surface area contributed by atoms with E-state index in [1.54, 1.807) is 16.7 Å². The zero-order valence-corrected chi connectivity index (χ0v) is 18.8. The van der Waals surface area contributed by atoms with Crippen molar-refractivity contribution in [3.8, 4) is 11.5 Å². The maximum Gasteiger partial charge on any atom is 0.271 e. The number of sulfonamides is 1. The Hall–Kier alpha value is -3.14. The van der Waals surface area contributed by atoms with Crippen LogP contribution in [0, 0.1) is 0 Å². The molecule has 6 rings (SSSR count). The highest BCUT2D eigenvalue weighted by Crippen LogP contribution is 2.34. The van der Waals surface area contributed by atoms with Crippen molar-refractivity contribution in [3.63, 3.8) is 0 Å². The van der Waals surface area contributed by atoms with Gasteiger partial charge in [0.25, 0.3) is 15.6 Å². The molecule has 0 amide bonds. The smallest absolute Gasteiger partial charge is 0.271 e. The number of fused-ring (bicyclic) bond motifs is 6. The van der Waals surface area contributed by atoms with E-state index in [4.69, 9.17) is 16.6 Å². The number of aromatic nitrogens is 3. The average Bonchev–Trinajstić information content (AvgIpc) is 3.38. The highest BCUT2D eigenvalue weighted by molar-refractivity contribution is 7.94. The summed E-state index contributed by atoms with van der Waals surface area (Å²) in [4.78, 5) is 21.5. The first kappa shape index (κ1) is 19.5. The van der Waals surface area contributed by atoms with E-state index in [0.717, 1.165) is 33.5 Å². The maximum absolute atomic E-state index is 13.3. The molecule has 0 saturated carbocycles. The zero-order valence-electron chi connectivity index (χ0n) is 16.4. The van der Waals surface area contributed by atoms with Crippen LogP contribution in [0.3, 0.4) is 0 Å². The standard InChI is InChI=1S/C22H15ClN4O3S2/c23-18-7-8-19(31-18)32(29,30)26-12-5-6-17-15(11-12)22(28)27-10-9-14-13-3-1-2-4-16(13)24-20(14)21(27)25-17/h1-8,11,24,26H,9-10H2. The molecular formula is C22H15ClN4O3S2. The van der Waals surface area contributed by atoms with E-state index in [0.29, 0.717) is 39.7 Å². The molecule has 160 valence electrons. The minimum atomic E-state index is -3.80. The van der Waals surface area contributed by atoms with Gasteiger partial charge in [-0.25, -0.2) is 13.4 Å². The lowest BCUT2D eigenvalue weighted by atomic mass is 10.0. The maximum atomic E-state index is 13.3. The number of hydrogen-bond acceptors (Lipinski definition) is 5. The van der Waals surface area contributed by atoms with Crippen LogP contribution in [-0.2, 0) is 23.0 Å². The van der Waals surface area contributed by atoms with Gasteiger partial charge < -0.3 is 4.98 Å². The number of benzene rings is 2. The number of anilines is 1. The van der Waals surface area contributed by atoms with E-state index in [2.05, 4.69) is 15.8 Å². The van der Waals surface area contributed by atoms with Gasteiger partial charge in [0.2, 0.25) is 0 Å². The Morgan fingerprint density at radius 1 is 1.09 bits per heavy atom. The number of aromatic amines is 1. The fourth-order valence-electron chi connectivity index (χ4n) is 4.20. The lowest BCUT2D eigenvalue weighted by Crippen LogP contribution is -2.27. The summed E-state index contributed by atoms with van der Waals surface area (Å²) in [5.74, 6) is 0.599. The summed E-state index contributed by atoms with van der Waals surface area (Å²) in [6.07, 6.45) is 0.713. The second-order valence-electron chi connectivity index (χ2n) is 7.56. The molecule has 4 heterocycles. The molecule has 0 unspecified atom stereocenters. The first-order chi connectivity index (χ1) is 15.4. The summed E-state index contributed by atoms with van der Waals surface area (Å²) in [5.41, 5.74) is 3.63. The molecule has 0 bridgehead atoms. The Balaban J connectivity index is 1.47. The number of H-pyrrole nitrogens is 1. The predicted molar refractivity (Wildman–Crippen MR) is 127 cm³/mol. The minimum Gasteiger partial charge on any atom is -0.352 e. The average molecular weight is 483 g/mol. The van der Waals surface area contributed by atoms with Crippen molar-refractivity contribution in [3.05, 3.63) is 74.9 Å². The Kier molecular flexibility index (Phi) is 4.23. The zero-order chi connectivity index (χ0) is 22.0. The second-order valence-corrected chi connectivity index (χ2v) is 11.2. The molecule has 0 radical (unpaired) electrons. The van der Waals surface area contributed by atoms with Gasteiger partial charge in [-0.1, -0.05) is 29.8 Å². The molecule has 0 saturated heterocycles. The molecule has 0 atom stereocenters. The Morgan fingerprint density at radius 3 is 2.75 bits per heavy atom. The van der Waals surface area contributed by atoms with Gasteiger partial charge in [-0.15, -0.1) is 11.3 Å². The van der Waals surface area contributed by atoms with E-state index in [1.807, 2.05) is 18.2 Å². The second kappa shape index (κ2) is 6.93. The number of rotatable bonds is 3. The number of thiophene rings is 1. The highest BCUT2D eigenvalue weighted by atomic mass is 35.5. The molecule has 10 heteroatoms. The third-order valence-electron chi connectivity index (χ3n) is 5.64. The summed E-state index contributed by atoms with van der Waals surface area (Å²) < 4.78 is 29.9.